The fraction of sp³-hybridized carbons (Fsp3) is 0.588. The van der Waals surface area contributed by atoms with Gasteiger partial charge in [-0.05, 0) is 37.9 Å². The van der Waals surface area contributed by atoms with Gasteiger partial charge in [0, 0.05) is 24.9 Å². The van der Waals surface area contributed by atoms with Crippen LogP contribution in [0.5, 0.6) is 0 Å². The fourth-order valence-corrected chi connectivity index (χ4v) is 3.74. The second kappa shape index (κ2) is 5.96. The van der Waals surface area contributed by atoms with Gasteiger partial charge in [0.15, 0.2) is 0 Å². The summed E-state index contributed by atoms with van der Waals surface area (Å²) in [5, 5.41) is 0. The largest absolute Gasteiger partial charge is 0.459 e. The van der Waals surface area contributed by atoms with Gasteiger partial charge in [0.1, 0.15) is 6.10 Å². The molecule has 0 aromatic heterocycles. The third kappa shape index (κ3) is 2.73. The van der Waals surface area contributed by atoms with Gasteiger partial charge >= 0.3 is 5.97 Å². The standard InChI is InChI=1S/C17H23NO2/c1-2-10-18-14-8-9-15(18)12-16(11-14)20-17(19)13-6-4-3-5-7-13/h3-7,14-16H,2,8-12H2,1H3/t14-,15-/m1/s1. The van der Waals surface area contributed by atoms with Crippen LogP contribution in [0.1, 0.15) is 49.4 Å². The third-order valence-corrected chi connectivity index (χ3v) is 4.61. The smallest absolute Gasteiger partial charge is 0.338 e. The van der Waals surface area contributed by atoms with E-state index in [9.17, 15) is 4.79 Å². The molecule has 2 bridgehead atoms. The molecule has 3 heteroatoms. The number of ether oxygens (including phenoxy) is 1. The van der Waals surface area contributed by atoms with E-state index in [-0.39, 0.29) is 12.1 Å². The highest BCUT2D eigenvalue weighted by Gasteiger charge is 2.41. The highest BCUT2D eigenvalue weighted by Crippen LogP contribution is 2.37. The van der Waals surface area contributed by atoms with Crippen molar-refractivity contribution in [3.8, 4) is 0 Å². The van der Waals surface area contributed by atoms with Crippen LogP contribution in [0, 0.1) is 0 Å². The summed E-state index contributed by atoms with van der Waals surface area (Å²) >= 11 is 0. The van der Waals surface area contributed by atoms with Gasteiger partial charge in [-0.1, -0.05) is 25.1 Å². The molecule has 3 nitrogen and oxygen atoms in total. The van der Waals surface area contributed by atoms with E-state index in [4.69, 9.17) is 4.74 Å². The predicted octanol–water partition coefficient (Wildman–Crippen LogP) is 3.25. The first-order valence-corrected chi connectivity index (χ1v) is 7.79. The number of nitrogens with zero attached hydrogens (tertiary/aromatic N) is 1. The summed E-state index contributed by atoms with van der Waals surface area (Å²) in [6, 6.07) is 10.6. The molecule has 3 rings (SSSR count). The highest BCUT2D eigenvalue weighted by molar-refractivity contribution is 5.89. The normalized spacial score (nSPS) is 29.4. The number of hydrogen-bond donors (Lipinski definition) is 0. The summed E-state index contributed by atoms with van der Waals surface area (Å²) < 4.78 is 5.72. The van der Waals surface area contributed by atoms with Gasteiger partial charge in [0.25, 0.3) is 0 Å². The van der Waals surface area contributed by atoms with Crippen LogP contribution in [0.2, 0.25) is 0 Å². The van der Waals surface area contributed by atoms with E-state index < -0.39 is 0 Å². The van der Waals surface area contributed by atoms with E-state index in [1.54, 1.807) is 0 Å². The summed E-state index contributed by atoms with van der Waals surface area (Å²) in [5.74, 6) is -0.168. The molecule has 2 heterocycles. The van der Waals surface area contributed by atoms with Crippen LogP contribution >= 0.6 is 0 Å². The number of carbonyl (C=O) groups excluding carboxylic acids is 1. The number of benzene rings is 1. The number of hydrogen-bond acceptors (Lipinski definition) is 3. The van der Waals surface area contributed by atoms with Crippen molar-refractivity contribution in [3.05, 3.63) is 35.9 Å². The monoisotopic (exact) mass is 273 g/mol. The average Bonchev–Trinajstić information content (AvgIpc) is 2.71. The van der Waals surface area contributed by atoms with Crippen molar-refractivity contribution in [1.82, 2.24) is 4.90 Å². The maximum atomic E-state index is 12.1. The minimum atomic E-state index is -0.168. The SMILES string of the molecule is CCCN1[C@@H]2CC[C@@H]1CC(OC(=O)c1ccccc1)C2. The maximum absolute atomic E-state index is 12.1. The lowest BCUT2D eigenvalue weighted by atomic mass is 9.99. The molecule has 0 unspecified atom stereocenters. The first-order valence-electron chi connectivity index (χ1n) is 7.79. The molecule has 2 aliphatic heterocycles. The maximum Gasteiger partial charge on any atom is 0.338 e. The summed E-state index contributed by atoms with van der Waals surface area (Å²) in [5.41, 5.74) is 0.663. The van der Waals surface area contributed by atoms with Crippen LogP contribution in [0.25, 0.3) is 0 Å². The van der Waals surface area contributed by atoms with Crippen molar-refractivity contribution in [2.75, 3.05) is 6.54 Å². The minimum absolute atomic E-state index is 0.105. The first-order chi connectivity index (χ1) is 9.78. The van der Waals surface area contributed by atoms with Crippen LogP contribution in [-0.4, -0.2) is 35.6 Å². The molecular weight excluding hydrogens is 250 g/mol. The number of esters is 1. The third-order valence-electron chi connectivity index (χ3n) is 4.61. The Bertz CT molecular complexity index is 445. The molecule has 0 aliphatic carbocycles. The zero-order valence-corrected chi connectivity index (χ0v) is 12.1. The Labute approximate surface area is 120 Å². The molecule has 1 aromatic rings. The second-order valence-corrected chi connectivity index (χ2v) is 5.99. The fourth-order valence-electron chi connectivity index (χ4n) is 3.74. The van der Waals surface area contributed by atoms with Crippen molar-refractivity contribution in [1.29, 1.82) is 0 Å². The van der Waals surface area contributed by atoms with Crippen LogP contribution in [0.4, 0.5) is 0 Å². The van der Waals surface area contributed by atoms with Crippen molar-refractivity contribution in [2.24, 2.45) is 0 Å². The van der Waals surface area contributed by atoms with Crippen molar-refractivity contribution >= 4 is 5.97 Å². The molecule has 2 fully saturated rings. The minimum Gasteiger partial charge on any atom is -0.459 e. The predicted molar refractivity (Wildman–Crippen MR) is 78.7 cm³/mol. The molecule has 2 saturated heterocycles. The number of carbonyl (C=O) groups is 1. The summed E-state index contributed by atoms with van der Waals surface area (Å²) in [6.45, 7) is 3.43. The molecule has 0 N–H and O–H groups in total. The van der Waals surface area contributed by atoms with Crippen LogP contribution in [0.3, 0.4) is 0 Å². The van der Waals surface area contributed by atoms with Gasteiger partial charge in [-0.2, -0.15) is 0 Å². The van der Waals surface area contributed by atoms with Gasteiger partial charge < -0.3 is 4.74 Å². The Morgan fingerprint density at radius 2 is 1.85 bits per heavy atom. The summed E-state index contributed by atoms with van der Waals surface area (Å²) in [6.07, 6.45) is 5.87. The quantitative estimate of drug-likeness (QED) is 0.789. The summed E-state index contributed by atoms with van der Waals surface area (Å²) in [4.78, 5) is 14.7. The van der Waals surface area contributed by atoms with Crippen molar-refractivity contribution in [2.45, 2.75) is 57.2 Å². The van der Waals surface area contributed by atoms with Gasteiger partial charge in [0.05, 0.1) is 5.56 Å². The molecule has 20 heavy (non-hydrogen) atoms. The Balaban J connectivity index is 1.60. The first kappa shape index (κ1) is 13.6. The van der Waals surface area contributed by atoms with E-state index in [2.05, 4.69) is 11.8 Å². The highest BCUT2D eigenvalue weighted by atomic mass is 16.5. The lowest BCUT2D eigenvalue weighted by Crippen LogP contribution is -2.46. The average molecular weight is 273 g/mol. The Hall–Kier alpha value is -1.35. The molecule has 1 aromatic carbocycles. The second-order valence-electron chi connectivity index (χ2n) is 5.99. The topological polar surface area (TPSA) is 29.5 Å². The van der Waals surface area contributed by atoms with Crippen molar-refractivity contribution in [3.63, 3.8) is 0 Å². The van der Waals surface area contributed by atoms with Gasteiger partial charge in [-0.3, -0.25) is 4.90 Å². The molecule has 0 saturated carbocycles. The lowest BCUT2D eigenvalue weighted by Gasteiger charge is -2.38. The molecular formula is C17H23NO2. The lowest BCUT2D eigenvalue weighted by molar-refractivity contribution is -0.00596. The van der Waals surface area contributed by atoms with Gasteiger partial charge in [-0.25, -0.2) is 4.79 Å². The molecule has 0 radical (unpaired) electrons. The number of piperidine rings is 1. The Morgan fingerprint density at radius 1 is 1.20 bits per heavy atom. The Kier molecular flexibility index (Phi) is 4.06. The van der Waals surface area contributed by atoms with E-state index in [0.29, 0.717) is 17.6 Å². The van der Waals surface area contributed by atoms with Gasteiger partial charge in [-0.15, -0.1) is 0 Å². The zero-order valence-electron chi connectivity index (χ0n) is 12.1. The molecule has 108 valence electrons. The molecule has 0 spiro atoms. The van der Waals surface area contributed by atoms with E-state index in [0.717, 1.165) is 12.8 Å². The number of fused-ring (bicyclic) bond motifs is 2. The van der Waals surface area contributed by atoms with Crippen molar-refractivity contribution < 1.29 is 9.53 Å². The van der Waals surface area contributed by atoms with Crippen LogP contribution in [-0.2, 0) is 4.74 Å². The van der Waals surface area contributed by atoms with Gasteiger partial charge in [0.2, 0.25) is 0 Å². The van der Waals surface area contributed by atoms with Crippen LogP contribution in [0.15, 0.2) is 30.3 Å². The van der Waals surface area contributed by atoms with Crippen LogP contribution < -0.4 is 0 Å². The zero-order chi connectivity index (χ0) is 13.9. The van der Waals surface area contributed by atoms with E-state index in [1.807, 2.05) is 30.3 Å². The Morgan fingerprint density at radius 3 is 2.45 bits per heavy atom. The van der Waals surface area contributed by atoms with E-state index in [1.165, 1.54) is 25.8 Å². The molecule has 2 aliphatic rings. The van der Waals surface area contributed by atoms with E-state index >= 15 is 0 Å². The molecule has 2 atom stereocenters. The molecule has 0 amide bonds. The number of rotatable bonds is 4. The summed E-state index contributed by atoms with van der Waals surface area (Å²) in [7, 11) is 0.